The zero-order valence-electron chi connectivity index (χ0n) is 10.9. The van der Waals surface area contributed by atoms with Gasteiger partial charge >= 0.3 is 0 Å². The lowest BCUT2D eigenvalue weighted by Gasteiger charge is -2.11. The molecule has 2 heterocycles. The van der Waals surface area contributed by atoms with Crippen LogP contribution in [0, 0.1) is 0 Å². The summed E-state index contributed by atoms with van der Waals surface area (Å²) in [4.78, 5) is 4.05. The van der Waals surface area contributed by atoms with E-state index in [1.165, 1.54) is 0 Å². The molecule has 0 bridgehead atoms. The highest BCUT2D eigenvalue weighted by atomic mass is 35.5. The van der Waals surface area contributed by atoms with E-state index in [9.17, 15) is 0 Å². The fourth-order valence-corrected chi connectivity index (χ4v) is 2.19. The second-order valence-corrected chi connectivity index (χ2v) is 4.95. The summed E-state index contributed by atoms with van der Waals surface area (Å²) in [7, 11) is 0. The van der Waals surface area contributed by atoms with Crippen molar-refractivity contribution in [2.24, 2.45) is 0 Å². The maximum atomic E-state index is 6.08. The second-order valence-electron chi connectivity index (χ2n) is 4.54. The Labute approximate surface area is 122 Å². The van der Waals surface area contributed by atoms with Crippen LogP contribution in [-0.4, -0.2) is 18.2 Å². The lowest BCUT2D eigenvalue weighted by Crippen LogP contribution is -2.01. The number of pyridine rings is 1. The van der Waals surface area contributed by atoms with Crippen LogP contribution in [0.4, 0.5) is 5.69 Å². The summed E-state index contributed by atoms with van der Waals surface area (Å²) < 4.78 is 11.3. The maximum absolute atomic E-state index is 6.08. The van der Waals surface area contributed by atoms with Crippen molar-refractivity contribution in [3.8, 4) is 11.5 Å². The van der Waals surface area contributed by atoms with Gasteiger partial charge in [0.05, 0.1) is 30.1 Å². The van der Waals surface area contributed by atoms with E-state index in [1.54, 1.807) is 18.5 Å². The van der Waals surface area contributed by atoms with E-state index in [0.717, 1.165) is 29.2 Å². The normalized spacial score (nSPS) is 13.7. The Bertz CT molecular complexity index is 604. The number of aromatic nitrogens is 1. The van der Waals surface area contributed by atoms with Gasteiger partial charge in [-0.05, 0) is 23.8 Å². The molecule has 0 fully saturated rings. The molecule has 3 rings (SSSR count). The molecule has 20 heavy (non-hydrogen) atoms. The molecule has 0 radical (unpaired) electrons. The average Bonchev–Trinajstić information content (AvgIpc) is 2.71. The van der Waals surface area contributed by atoms with Crippen molar-refractivity contribution in [2.45, 2.75) is 13.0 Å². The Balaban J connectivity index is 1.72. The number of anilines is 1. The lowest BCUT2D eigenvalue weighted by atomic mass is 10.2. The fraction of sp³-hybridized carbons (Fsp3) is 0.267. The maximum Gasteiger partial charge on any atom is 0.161 e. The van der Waals surface area contributed by atoms with Gasteiger partial charge in [0.2, 0.25) is 0 Å². The van der Waals surface area contributed by atoms with Crippen LogP contribution >= 0.6 is 11.6 Å². The highest BCUT2D eigenvalue weighted by Crippen LogP contribution is 2.30. The van der Waals surface area contributed by atoms with Crippen LogP contribution in [0.25, 0.3) is 0 Å². The molecule has 1 N–H and O–H groups in total. The first-order valence-electron chi connectivity index (χ1n) is 6.55. The van der Waals surface area contributed by atoms with Gasteiger partial charge < -0.3 is 14.8 Å². The van der Waals surface area contributed by atoms with Gasteiger partial charge in [0.25, 0.3) is 0 Å². The van der Waals surface area contributed by atoms with Crippen LogP contribution in [0.1, 0.15) is 12.0 Å². The molecule has 0 atom stereocenters. The van der Waals surface area contributed by atoms with Crippen molar-refractivity contribution >= 4 is 17.3 Å². The van der Waals surface area contributed by atoms with Crippen LogP contribution in [0.5, 0.6) is 11.5 Å². The first-order valence-corrected chi connectivity index (χ1v) is 6.92. The first kappa shape index (κ1) is 13.1. The SMILES string of the molecule is Clc1ccncc1NCc1ccc2c(c1)OCCCO2. The molecule has 1 aromatic heterocycles. The van der Waals surface area contributed by atoms with Crippen molar-refractivity contribution < 1.29 is 9.47 Å². The summed E-state index contributed by atoms with van der Waals surface area (Å²) in [6, 6.07) is 7.73. The second kappa shape index (κ2) is 6.01. The number of nitrogens with one attached hydrogen (secondary N) is 1. The quantitative estimate of drug-likeness (QED) is 0.939. The van der Waals surface area contributed by atoms with Gasteiger partial charge in [0, 0.05) is 19.2 Å². The van der Waals surface area contributed by atoms with E-state index in [1.807, 2.05) is 18.2 Å². The smallest absolute Gasteiger partial charge is 0.161 e. The molecule has 1 aliphatic heterocycles. The highest BCUT2D eigenvalue weighted by Gasteiger charge is 2.10. The van der Waals surface area contributed by atoms with Crippen molar-refractivity contribution in [2.75, 3.05) is 18.5 Å². The third-order valence-corrected chi connectivity index (χ3v) is 3.39. The fourth-order valence-electron chi connectivity index (χ4n) is 2.02. The van der Waals surface area contributed by atoms with E-state index in [2.05, 4.69) is 10.3 Å². The van der Waals surface area contributed by atoms with Crippen LogP contribution in [0.15, 0.2) is 36.7 Å². The Hall–Kier alpha value is -1.94. The van der Waals surface area contributed by atoms with Crippen molar-refractivity contribution in [1.82, 2.24) is 4.98 Å². The largest absolute Gasteiger partial charge is 0.490 e. The van der Waals surface area contributed by atoms with Gasteiger partial charge in [-0.25, -0.2) is 0 Å². The Morgan fingerprint density at radius 3 is 2.85 bits per heavy atom. The van der Waals surface area contributed by atoms with Gasteiger partial charge in [-0.3, -0.25) is 4.98 Å². The standard InChI is InChI=1S/C15H15ClN2O2/c16-12-4-5-17-10-13(12)18-9-11-2-3-14-15(8-11)20-7-1-6-19-14/h2-5,8,10,18H,1,6-7,9H2. The monoisotopic (exact) mass is 290 g/mol. The number of fused-ring (bicyclic) bond motifs is 1. The van der Waals surface area contributed by atoms with Crippen LogP contribution in [0.3, 0.4) is 0 Å². The van der Waals surface area contributed by atoms with Crippen LogP contribution in [0.2, 0.25) is 5.02 Å². The third-order valence-electron chi connectivity index (χ3n) is 3.06. The molecule has 2 aromatic rings. The molecule has 0 saturated carbocycles. The first-order chi connectivity index (χ1) is 9.83. The molecule has 0 amide bonds. The number of benzene rings is 1. The van der Waals surface area contributed by atoms with Crippen molar-refractivity contribution in [3.63, 3.8) is 0 Å². The molecule has 104 valence electrons. The molecular weight excluding hydrogens is 276 g/mol. The van der Waals surface area contributed by atoms with E-state index in [0.29, 0.717) is 24.8 Å². The topological polar surface area (TPSA) is 43.4 Å². The van der Waals surface area contributed by atoms with E-state index >= 15 is 0 Å². The van der Waals surface area contributed by atoms with Gasteiger partial charge in [-0.15, -0.1) is 0 Å². The molecule has 1 aromatic carbocycles. The number of halogens is 1. The minimum Gasteiger partial charge on any atom is -0.490 e. The summed E-state index contributed by atoms with van der Waals surface area (Å²) >= 11 is 6.08. The Morgan fingerprint density at radius 1 is 1.15 bits per heavy atom. The number of nitrogens with zero attached hydrogens (tertiary/aromatic N) is 1. The van der Waals surface area contributed by atoms with Crippen molar-refractivity contribution in [1.29, 1.82) is 0 Å². The predicted molar refractivity (Wildman–Crippen MR) is 78.6 cm³/mol. The number of hydrogen-bond acceptors (Lipinski definition) is 4. The van der Waals surface area contributed by atoms with Gasteiger partial charge in [-0.1, -0.05) is 17.7 Å². The number of hydrogen-bond donors (Lipinski definition) is 1. The van der Waals surface area contributed by atoms with Gasteiger partial charge in [-0.2, -0.15) is 0 Å². The Kier molecular flexibility index (Phi) is 3.92. The Morgan fingerprint density at radius 2 is 2.00 bits per heavy atom. The zero-order chi connectivity index (χ0) is 13.8. The van der Waals surface area contributed by atoms with Crippen LogP contribution in [-0.2, 0) is 6.54 Å². The van der Waals surface area contributed by atoms with Gasteiger partial charge in [0.15, 0.2) is 11.5 Å². The molecule has 5 heteroatoms. The lowest BCUT2D eigenvalue weighted by molar-refractivity contribution is 0.297. The van der Waals surface area contributed by atoms with E-state index in [4.69, 9.17) is 21.1 Å². The summed E-state index contributed by atoms with van der Waals surface area (Å²) in [5.41, 5.74) is 1.93. The van der Waals surface area contributed by atoms with Crippen molar-refractivity contribution in [3.05, 3.63) is 47.2 Å². The summed E-state index contributed by atoms with van der Waals surface area (Å²) in [6.45, 7) is 2.05. The minimum absolute atomic E-state index is 0.655. The average molecular weight is 291 g/mol. The van der Waals surface area contributed by atoms with Gasteiger partial charge in [0.1, 0.15) is 0 Å². The third kappa shape index (κ3) is 2.96. The number of ether oxygens (including phenoxy) is 2. The minimum atomic E-state index is 0.655. The van der Waals surface area contributed by atoms with E-state index < -0.39 is 0 Å². The zero-order valence-corrected chi connectivity index (χ0v) is 11.7. The molecule has 0 unspecified atom stereocenters. The molecular formula is C15H15ClN2O2. The van der Waals surface area contributed by atoms with E-state index in [-0.39, 0.29) is 0 Å². The highest BCUT2D eigenvalue weighted by molar-refractivity contribution is 6.33. The summed E-state index contributed by atoms with van der Waals surface area (Å²) in [5, 5.41) is 3.92. The molecule has 4 nitrogen and oxygen atoms in total. The molecule has 0 saturated heterocycles. The summed E-state index contributed by atoms with van der Waals surface area (Å²) in [6.07, 6.45) is 4.29. The predicted octanol–water partition coefficient (Wildman–Crippen LogP) is 3.51. The molecule has 0 spiro atoms. The summed E-state index contributed by atoms with van der Waals surface area (Å²) in [5.74, 6) is 1.62. The number of rotatable bonds is 3. The molecule has 1 aliphatic rings. The molecule has 0 aliphatic carbocycles. The van der Waals surface area contributed by atoms with Crippen LogP contribution < -0.4 is 14.8 Å².